The first-order valence-electron chi connectivity index (χ1n) is 9.28. The lowest BCUT2D eigenvalue weighted by atomic mass is 9.92. The van der Waals surface area contributed by atoms with Crippen molar-refractivity contribution in [2.75, 3.05) is 10.6 Å². The van der Waals surface area contributed by atoms with Crippen LogP contribution < -0.4 is 16.2 Å². The molecule has 158 valence electrons. The lowest BCUT2D eigenvalue weighted by molar-refractivity contribution is -0.123. The predicted molar refractivity (Wildman–Crippen MR) is 117 cm³/mol. The fourth-order valence-electron chi connectivity index (χ4n) is 3.19. The fourth-order valence-corrected chi connectivity index (χ4v) is 4.22. The van der Waals surface area contributed by atoms with Crippen molar-refractivity contribution in [3.05, 3.63) is 80.9 Å². The summed E-state index contributed by atoms with van der Waals surface area (Å²) in [4.78, 5) is 44.7. The van der Waals surface area contributed by atoms with Crippen molar-refractivity contribution in [3.63, 3.8) is 0 Å². The quantitative estimate of drug-likeness (QED) is 0.397. The molecule has 1 aliphatic heterocycles. The van der Waals surface area contributed by atoms with E-state index in [1.165, 1.54) is 6.07 Å². The average Bonchev–Trinajstić information content (AvgIpc) is 2.74. The number of anilines is 2. The Morgan fingerprint density at radius 2 is 1.94 bits per heavy atom. The van der Waals surface area contributed by atoms with E-state index in [4.69, 9.17) is 11.6 Å². The highest BCUT2D eigenvalue weighted by atomic mass is 35.5. The van der Waals surface area contributed by atoms with Gasteiger partial charge in [0.15, 0.2) is 5.16 Å². The molecule has 0 fully saturated rings. The van der Waals surface area contributed by atoms with Crippen LogP contribution >= 0.6 is 23.4 Å². The van der Waals surface area contributed by atoms with Crippen molar-refractivity contribution in [2.45, 2.75) is 23.2 Å². The molecule has 7 nitrogen and oxygen atoms in total. The van der Waals surface area contributed by atoms with E-state index in [-0.39, 0.29) is 34.5 Å². The number of aromatic nitrogens is 2. The third-order valence-corrected chi connectivity index (χ3v) is 5.95. The van der Waals surface area contributed by atoms with Crippen LogP contribution in [0.25, 0.3) is 0 Å². The number of H-pyrrole nitrogens is 1. The maximum Gasteiger partial charge on any atom is 0.257 e. The molecule has 0 bridgehead atoms. The monoisotopic (exact) mass is 458 g/mol. The maximum absolute atomic E-state index is 13.8. The van der Waals surface area contributed by atoms with Crippen LogP contribution in [0.2, 0.25) is 5.02 Å². The second-order valence-corrected chi connectivity index (χ2v) is 8.16. The number of nitrogens with one attached hydrogen (secondary N) is 3. The Hall–Kier alpha value is -3.17. The van der Waals surface area contributed by atoms with Crippen LogP contribution in [0.15, 0.2) is 58.5 Å². The smallest absolute Gasteiger partial charge is 0.257 e. The first kappa shape index (κ1) is 21.1. The zero-order chi connectivity index (χ0) is 22.0. The first-order chi connectivity index (χ1) is 14.9. The molecule has 31 heavy (non-hydrogen) atoms. The molecule has 2 aromatic carbocycles. The van der Waals surface area contributed by atoms with E-state index in [0.717, 1.165) is 11.8 Å². The third-order valence-electron chi connectivity index (χ3n) is 4.70. The van der Waals surface area contributed by atoms with Crippen molar-refractivity contribution < 1.29 is 14.0 Å². The molecule has 3 aromatic rings. The molecule has 2 amide bonds. The second kappa shape index (κ2) is 8.91. The number of carbonyl (C=O) groups excluding carboxylic acids is 2. The Balaban J connectivity index is 1.59. The summed E-state index contributed by atoms with van der Waals surface area (Å²) in [5, 5.41) is 5.75. The van der Waals surface area contributed by atoms with Gasteiger partial charge in [-0.25, -0.2) is 9.37 Å². The van der Waals surface area contributed by atoms with Gasteiger partial charge in [-0.2, -0.15) is 0 Å². The normalized spacial score (nSPS) is 15.2. The van der Waals surface area contributed by atoms with Crippen LogP contribution in [0.5, 0.6) is 0 Å². The lowest BCUT2D eigenvalue weighted by Gasteiger charge is -2.23. The number of amides is 2. The number of thioether (sulfide) groups is 1. The van der Waals surface area contributed by atoms with Crippen LogP contribution in [0, 0.1) is 5.82 Å². The van der Waals surface area contributed by atoms with E-state index in [2.05, 4.69) is 20.6 Å². The van der Waals surface area contributed by atoms with Crippen LogP contribution in [0.3, 0.4) is 0 Å². The number of nitrogens with zero attached hydrogens (tertiary/aromatic N) is 1. The standard InChI is InChI=1S/C21H16ClFN4O3S/c22-13-6-2-4-8-15(13)24-19(29)12-9-16(28)25-18-17(12)20(30)27-21(26-18)31-10-11-5-1-3-7-14(11)23/h1-8,12H,9-10H2,(H,24,29)(H2,25,26,27,28,30)/t12-/m1/s1. The predicted octanol–water partition coefficient (Wildman–Crippen LogP) is 3.92. The molecule has 4 rings (SSSR count). The van der Waals surface area contributed by atoms with E-state index in [1.807, 2.05) is 0 Å². The van der Waals surface area contributed by atoms with Crippen molar-refractivity contribution in [1.29, 1.82) is 0 Å². The van der Waals surface area contributed by atoms with Gasteiger partial charge in [-0.3, -0.25) is 14.4 Å². The van der Waals surface area contributed by atoms with Gasteiger partial charge in [0.05, 0.1) is 22.2 Å². The highest BCUT2D eigenvalue weighted by molar-refractivity contribution is 7.98. The molecule has 1 aromatic heterocycles. The summed E-state index contributed by atoms with van der Waals surface area (Å²) in [6.45, 7) is 0. The molecule has 0 saturated carbocycles. The summed E-state index contributed by atoms with van der Waals surface area (Å²) < 4.78 is 13.8. The zero-order valence-corrected chi connectivity index (χ0v) is 17.5. The molecule has 3 N–H and O–H groups in total. The van der Waals surface area contributed by atoms with E-state index in [1.54, 1.807) is 42.5 Å². The molecule has 1 aliphatic rings. The topological polar surface area (TPSA) is 104 Å². The average molecular weight is 459 g/mol. The third kappa shape index (κ3) is 4.62. The SMILES string of the molecule is O=C1C[C@@H](C(=O)Nc2ccccc2Cl)c2c(nc(SCc3ccccc3F)[nH]c2=O)N1. The highest BCUT2D eigenvalue weighted by Gasteiger charge is 2.35. The number of hydrogen-bond donors (Lipinski definition) is 3. The number of aromatic amines is 1. The molecule has 0 aliphatic carbocycles. The Morgan fingerprint density at radius 1 is 1.19 bits per heavy atom. The van der Waals surface area contributed by atoms with Gasteiger partial charge < -0.3 is 15.6 Å². The van der Waals surface area contributed by atoms with Gasteiger partial charge in [0, 0.05) is 12.2 Å². The Bertz CT molecular complexity index is 1230. The Morgan fingerprint density at radius 3 is 2.71 bits per heavy atom. The van der Waals surface area contributed by atoms with Gasteiger partial charge in [-0.05, 0) is 23.8 Å². The number of hydrogen-bond acceptors (Lipinski definition) is 5. The number of rotatable bonds is 5. The minimum absolute atomic E-state index is 0.0235. The number of fused-ring (bicyclic) bond motifs is 1. The number of benzene rings is 2. The van der Waals surface area contributed by atoms with Gasteiger partial charge >= 0.3 is 0 Å². The summed E-state index contributed by atoms with van der Waals surface area (Å²) in [5.74, 6) is -2.10. The Kier molecular flexibility index (Phi) is 6.06. The minimum Gasteiger partial charge on any atom is -0.324 e. The molecule has 0 spiro atoms. The summed E-state index contributed by atoms with van der Waals surface area (Å²) in [5.41, 5.74) is 0.358. The molecule has 10 heteroatoms. The molecule has 1 atom stereocenters. The molecule has 0 radical (unpaired) electrons. The largest absolute Gasteiger partial charge is 0.324 e. The zero-order valence-electron chi connectivity index (χ0n) is 15.9. The number of para-hydroxylation sites is 1. The molecule has 0 unspecified atom stereocenters. The van der Waals surface area contributed by atoms with Gasteiger partial charge in [0.25, 0.3) is 5.56 Å². The first-order valence-corrected chi connectivity index (χ1v) is 10.6. The summed E-state index contributed by atoms with van der Waals surface area (Å²) in [6.07, 6.45) is -0.199. The van der Waals surface area contributed by atoms with E-state index >= 15 is 0 Å². The molecular formula is C21H16ClFN4O3S. The van der Waals surface area contributed by atoms with Crippen LogP contribution in [-0.2, 0) is 15.3 Å². The van der Waals surface area contributed by atoms with Gasteiger partial charge in [-0.1, -0.05) is 53.7 Å². The van der Waals surface area contributed by atoms with Gasteiger partial charge in [0.1, 0.15) is 11.6 Å². The Labute approximate surface area is 185 Å². The number of halogens is 2. The van der Waals surface area contributed by atoms with Gasteiger partial charge in [-0.15, -0.1) is 0 Å². The molecular weight excluding hydrogens is 443 g/mol. The lowest BCUT2D eigenvalue weighted by Crippen LogP contribution is -2.36. The van der Waals surface area contributed by atoms with Crippen LogP contribution in [-0.4, -0.2) is 21.8 Å². The molecule has 2 heterocycles. The maximum atomic E-state index is 13.8. The van der Waals surface area contributed by atoms with E-state index in [9.17, 15) is 18.8 Å². The fraction of sp³-hybridized carbons (Fsp3) is 0.143. The summed E-state index contributed by atoms with van der Waals surface area (Å²) >= 11 is 7.20. The summed E-state index contributed by atoms with van der Waals surface area (Å²) in [7, 11) is 0. The molecule has 0 saturated heterocycles. The van der Waals surface area contributed by atoms with Gasteiger partial charge in [0.2, 0.25) is 11.8 Å². The van der Waals surface area contributed by atoms with Crippen molar-refractivity contribution >= 4 is 46.7 Å². The highest BCUT2D eigenvalue weighted by Crippen LogP contribution is 2.32. The van der Waals surface area contributed by atoms with Crippen LogP contribution in [0.1, 0.15) is 23.5 Å². The van der Waals surface area contributed by atoms with E-state index in [0.29, 0.717) is 16.3 Å². The number of carbonyl (C=O) groups is 2. The van der Waals surface area contributed by atoms with Crippen molar-refractivity contribution in [3.8, 4) is 0 Å². The van der Waals surface area contributed by atoms with Crippen molar-refractivity contribution in [2.24, 2.45) is 0 Å². The van der Waals surface area contributed by atoms with Crippen molar-refractivity contribution in [1.82, 2.24) is 9.97 Å². The van der Waals surface area contributed by atoms with E-state index < -0.39 is 23.3 Å². The van der Waals surface area contributed by atoms with Crippen LogP contribution in [0.4, 0.5) is 15.9 Å². The summed E-state index contributed by atoms with van der Waals surface area (Å²) in [6, 6.07) is 12.9. The minimum atomic E-state index is -1.03. The second-order valence-electron chi connectivity index (χ2n) is 6.79.